The molecule has 1 aromatic heterocycles. The lowest BCUT2D eigenvalue weighted by Crippen LogP contribution is -2.46. The van der Waals surface area contributed by atoms with Gasteiger partial charge in [-0.3, -0.25) is 9.69 Å². The standard InChI is InChI=1S/C34H39N5O2/c1-24-10-15-31(25(2)20-24)39-26(3)21-30(27(39)4)22-35-36-34(40)29-13-11-28(12-14-29)23-37-16-18-38(19-17-37)32-8-6-7-9-33(32)41-5/h6-15,20-22H,16-19,23H2,1-5H3,(H,36,40)/b35-22-. The number of nitrogens with one attached hydrogen (secondary N) is 1. The number of ether oxygens (including phenoxy) is 1. The van der Waals surface area contributed by atoms with E-state index in [0.29, 0.717) is 5.56 Å². The summed E-state index contributed by atoms with van der Waals surface area (Å²) in [7, 11) is 1.72. The highest BCUT2D eigenvalue weighted by Gasteiger charge is 2.20. The highest BCUT2D eigenvalue weighted by atomic mass is 16.5. The number of aromatic nitrogens is 1. The number of hydrogen-bond donors (Lipinski definition) is 1. The van der Waals surface area contributed by atoms with Crippen LogP contribution in [0.2, 0.25) is 0 Å². The number of anilines is 1. The summed E-state index contributed by atoms with van der Waals surface area (Å²) in [5.74, 6) is 0.696. The molecule has 2 heterocycles. The first kappa shape index (κ1) is 28.2. The minimum absolute atomic E-state index is 0.221. The van der Waals surface area contributed by atoms with Gasteiger partial charge in [-0.05, 0) is 75.2 Å². The number of amides is 1. The van der Waals surface area contributed by atoms with Crippen molar-refractivity contribution in [3.63, 3.8) is 0 Å². The molecule has 1 aliphatic rings. The highest BCUT2D eigenvalue weighted by molar-refractivity contribution is 5.95. The summed E-state index contributed by atoms with van der Waals surface area (Å²) in [6, 6.07) is 24.6. The van der Waals surface area contributed by atoms with E-state index >= 15 is 0 Å². The quantitative estimate of drug-likeness (QED) is 0.223. The number of nitrogens with zero attached hydrogens (tertiary/aromatic N) is 4. The molecule has 0 atom stereocenters. The first-order valence-corrected chi connectivity index (χ1v) is 14.1. The van der Waals surface area contributed by atoms with Crippen molar-refractivity contribution in [3.05, 3.63) is 112 Å². The predicted molar refractivity (Wildman–Crippen MR) is 167 cm³/mol. The molecule has 0 radical (unpaired) electrons. The third-order valence-electron chi connectivity index (χ3n) is 7.85. The minimum Gasteiger partial charge on any atom is -0.495 e. The van der Waals surface area contributed by atoms with Gasteiger partial charge < -0.3 is 14.2 Å². The summed E-state index contributed by atoms with van der Waals surface area (Å²) in [6.07, 6.45) is 1.72. The molecule has 4 aromatic rings. The molecule has 1 saturated heterocycles. The van der Waals surface area contributed by atoms with Crippen LogP contribution in [0.5, 0.6) is 5.75 Å². The van der Waals surface area contributed by atoms with E-state index in [1.807, 2.05) is 36.4 Å². The van der Waals surface area contributed by atoms with Gasteiger partial charge in [0.2, 0.25) is 0 Å². The van der Waals surface area contributed by atoms with E-state index in [1.165, 1.54) is 16.7 Å². The van der Waals surface area contributed by atoms with Crippen LogP contribution in [0.1, 0.15) is 44.0 Å². The Hall–Kier alpha value is -4.36. The van der Waals surface area contributed by atoms with Gasteiger partial charge in [0, 0.05) is 60.9 Å². The summed E-state index contributed by atoms with van der Waals surface area (Å²) in [5.41, 5.74) is 12.4. The average Bonchev–Trinajstić information content (AvgIpc) is 3.26. The van der Waals surface area contributed by atoms with Crippen LogP contribution in [0.15, 0.2) is 77.9 Å². The maximum atomic E-state index is 12.8. The van der Waals surface area contributed by atoms with Crippen LogP contribution in [0, 0.1) is 27.7 Å². The van der Waals surface area contributed by atoms with Crippen LogP contribution in [0.3, 0.4) is 0 Å². The number of methoxy groups -OCH3 is 1. The fourth-order valence-electron chi connectivity index (χ4n) is 5.63. The summed E-state index contributed by atoms with van der Waals surface area (Å²) < 4.78 is 7.77. The van der Waals surface area contributed by atoms with E-state index in [0.717, 1.165) is 66.8 Å². The number of rotatable bonds is 8. The molecular formula is C34H39N5O2. The number of aryl methyl sites for hydroxylation is 3. The second-order valence-corrected chi connectivity index (χ2v) is 10.8. The zero-order valence-electron chi connectivity index (χ0n) is 24.6. The third kappa shape index (κ3) is 6.36. The normalized spacial score (nSPS) is 14.0. The van der Waals surface area contributed by atoms with Crippen molar-refractivity contribution < 1.29 is 9.53 Å². The van der Waals surface area contributed by atoms with Crippen molar-refractivity contribution in [2.45, 2.75) is 34.2 Å². The zero-order chi connectivity index (χ0) is 28.9. The van der Waals surface area contributed by atoms with Gasteiger partial charge in [-0.15, -0.1) is 0 Å². The molecule has 3 aromatic carbocycles. The number of carbonyl (C=O) groups excluding carboxylic acids is 1. The van der Waals surface area contributed by atoms with Gasteiger partial charge in [0.15, 0.2) is 0 Å². The first-order valence-electron chi connectivity index (χ1n) is 14.1. The number of piperazine rings is 1. The van der Waals surface area contributed by atoms with E-state index < -0.39 is 0 Å². The maximum absolute atomic E-state index is 12.8. The second kappa shape index (κ2) is 12.4. The first-order chi connectivity index (χ1) is 19.8. The van der Waals surface area contributed by atoms with E-state index in [2.05, 4.69) is 89.0 Å². The van der Waals surface area contributed by atoms with Crippen LogP contribution in [-0.2, 0) is 6.54 Å². The van der Waals surface area contributed by atoms with Crippen molar-refractivity contribution in [1.82, 2.24) is 14.9 Å². The third-order valence-corrected chi connectivity index (χ3v) is 7.85. The van der Waals surface area contributed by atoms with Gasteiger partial charge >= 0.3 is 0 Å². The summed E-state index contributed by atoms with van der Waals surface area (Å²) in [6.45, 7) is 13.1. The molecule has 5 rings (SSSR count). The molecule has 212 valence electrons. The van der Waals surface area contributed by atoms with Crippen molar-refractivity contribution in [2.24, 2.45) is 5.10 Å². The largest absolute Gasteiger partial charge is 0.495 e. The molecule has 7 nitrogen and oxygen atoms in total. The Morgan fingerprint density at radius 1 is 0.902 bits per heavy atom. The van der Waals surface area contributed by atoms with Crippen LogP contribution in [0.4, 0.5) is 5.69 Å². The van der Waals surface area contributed by atoms with Gasteiger partial charge in [0.1, 0.15) is 5.75 Å². The minimum atomic E-state index is -0.221. The fourth-order valence-corrected chi connectivity index (χ4v) is 5.63. The summed E-state index contributed by atoms with van der Waals surface area (Å²) in [5, 5.41) is 4.26. The smallest absolute Gasteiger partial charge is 0.271 e. The van der Waals surface area contributed by atoms with E-state index in [4.69, 9.17) is 4.74 Å². The maximum Gasteiger partial charge on any atom is 0.271 e. The molecular weight excluding hydrogens is 510 g/mol. The monoisotopic (exact) mass is 549 g/mol. The van der Waals surface area contributed by atoms with Gasteiger partial charge in [-0.1, -0.05) is 42.0 Å². The average molecular weight is 550 g/mol. The molecule has 41 heavy (non-hydrogen) atoms. The highest BCUT2D eigenvalue weighted by Crippen LogP contribution is 2.28. The van der Waals surface area contributed by atoms with Crippen molar-refractivity contribution in [1.29, 1.82) is 0 Å². The molecule has 1 N–H and O–H groups in total. The van der Waals surface area contributed by atoms with Crippen molar-refractivity contribution in [3.8, 4) is 11.4 Å². The number of hydrogen-bond acceptors (Lipinski definition) is 5. The zero-order valence-corrected chi connectivity index (χ0v) is 24.6. The van der Waals surface area contributed by atoms with E-state index in [9.17, 15) is 4.79 Å². The number of benzene rings is 3. The molecule has 0 unspecified atom stereocenters. The van der Waals surface area contributed by atoms with Crippen molar-refractivity contribution in [2.75, 3.05) is 38.2 Å². The van der Waals surface area contributed by atoms with E-state index in [-0.39, 0.29) is 5.91 Å². The van der Waals surface area contributed by atoms with Crippen LogP contribution >= 0.6 is 0 Å². The van der Waals surface area contributed by atoms with Gasteiger partial charge in [0.05, 0.1) is 19.0 Å². The Labute approximate surface area is 243 Å². The lowest BCUT2D eigenvalue weighted by atomic mass is 10.1. The Bertz CT molecular complexity index is 1550. The molecule has 0 bridgehead atoms. The Morgan fingerprint density at radius 3 is 2.34 bits per heavy atom. The topological polar surface area (TPSA) is 62.1 Å². The molecule has 1 amide bonds. The Kier molecular flexibility index (Phi) is 8.55. The van der Waals surface area contributed by atoms with Crippen molar-refractivity contribution >= 4 is 17.8 Å². The summed E-state index contributed by atoms with van der Waals surface area (Å²) in [4.78, 5) is 17.6. The van der Waals surface area contributed by atoms with Crippen LogP contribution < -0.4 is 15.1 Å². The SMILES string of the molecule is COc1ccccc1N1CCN(Cc2ccc(C(=O)N/N=C\c3cc(C)n(-c4ccc(C)cc4C)c3C)cc2)CC1. The van der Waals surface area contributed by atoms with Gasteiger partial charge in [-0.25, -0.2) is 5.43 Å². The second-order valence-electron chi connectivity index (χ2n) is 10.8. The molecule has 0 spiro atoms. The number of hydrazone groups is 1. The molecule has 1 aliphatic heterocycles. The molecule has 7 heteroatoms. The Morgan fingerprint density at radius 2 is 1.63 bits per heavy atom. The summed E-state index contributed by atoms with van der Waals surface area (Å²) >= 11 is 0. The Balaban J connectivity index is 1.15. The number of carbonyl (C=O) groups is 1. The van der Waals surface area contributed by atoms with Crippen LogP contribution in [0.25, 0.3) is 5.69 Å². The molecule has 0 saturated carbocycles. The molecule has 0 aliphatic carbocycles. The number of para-hydroxylation sites is 2. The predicted octanol–water partition coefficient (Wildman–Crippen LogP) is 5.81. The molecule has 1 fully saturated rings. The van der Waals surface area contributed by atoms with E-state index in [1.54, 1.807) is 13.3 Å². The van der Waals surface area contributed by atoms with Gasteiger partial charge in [0.25, 0.3) is 5.91 Å². The fraction of sp³-hybridized carbons (Fsp3) is 0.294. The lowest BCUT2D eigenvalue weighted by molar-refractivity contribution is 0.0955. The lowest BCUT2D eigenvalue weighted by Gasteiger charge is -2.36. The van der Waals surface area contributed by atoms with Gasteiger partial charge in [-0.2, -0.15) is 5.10 Å². The van der Waals surface area contributed by atoms with Crippen LogP contribution in [-0.4, -0.2) is 54.9 Å².